The van der Waals surface area contributed by atoms with Crippen LogP contribution < -0.4 is 4.74 Å². The van der Waals surface area contributed by atoms with E-state index in [2.05, 4.69) is 22.6 Å². The van der Waals surface area contributed by atoms with Crippen molar-refractivity contribution in [2.75, 3.05) is 0 Å². The molecule has 2 aromatic carbocycles. The molecule has 98 valence electrons. The first kappa shape index (κ1) is 13.8. The van der Waals surface area contributed by atoms with E-state index in [0.717, 1.165) is 9.64 Å². The molecule has 0 spiro atoms. The summed E-state index contributed by atoms with van der Waals surface area (Å²) >= 11 is 2.13. The van der Waals surface area contributed by atoms with Crippen molar-refractivity contribution in [3.05, 3.63) is 63.0 Å². The maximum atomic E-state index is 13.3. The summed E-state index contributed by atoms with van der Waals surface area (Å²) in [4.78, 5) is 10.8. The Hall–Kier alpha value is -1.63. The van der Waals surface area contributed by atoms with Crippen LogP contribution in [0.1, 0.15) is 15.9 Å². The third-order valence-electron chi connectivity index (χ3n) is 2.44. The molecule has 0 aromatic heterocycles. The Labute approximate surface area is 123 Å². The molecule has 0 saturated heterocycles. The van der Waals surface area contributed by atoms with Crippen LogP contribution in [0.15, 0.2) is 42.5 Å². The number of aromatic carboxylic acids is 1. The van der Waals surface area contributed by atoms with Gasteiger partial charge in [0, 0.05) is 0 Å². The van der Waals surface area contributed by atoms with E-state index in [1.165, 1.54) is 12.1 Å². The van der Waals surface area contributed by atoms with Gasteiger partial charge in [-0.1, -0.05) is 12.1 Å². The first-order chi connectivity index (χ1) is 9.06. The van der Waals surface area contributed by atoms with Crippen molar-refractivity contribution in [3.8, 4) is 5.75 Å². The monoisotopic (exact) mass is 372 g/mol. The zero-order chi connectivity index (χ0) is 13.8. The van der Waals surface area contributed by atoms with Gasteiger partial charge in [0.25, 0.3) is 0 Å². The highest BCUT2D eigenvalue weighted by Gasteiger charge is 2.08. The predicted octanol–water partition coefficient (Wildman–Crippen LogP) is 3.71. The van der Waals surface area contributed by atoms with Crippen molar-refractivity contribution in [3.63, 3.8) is 0 Å². The minimum atomic E-state index is -1.16. The number of carboxylic acid groups (broad SMARTS) is 1. The summed E-state index contributed by atoms with van der Waals surface area (Å²) in [6, 6.07) is 11.1. The van der Waals surface area contributed by atoms with Crippen LogP contribution in [0.3, 0.4) is 0 Å². The minimum Gasteiger partial charge on any atom is -0.488 e. The summed E-state index contributed by atoms with van der Waals surface area (Å²) in [5.41, 5.74) is 0.401. The quantitative estimate of drug-likeness (QED) is 0.833. The molecule has 0 unspecified atom stereocenters. The number of para-hydroxylation sites is 1. The SMILES string of the molecule is O=C(O)c1cc(F)cc(COc2ccccc2I)c1. The number of benzene rings is 2. The minimum absolute atomic E-state index is 0.0821. The van der Waals surface area contributed by atoms with Crippen molar-refractivity contribution in [1.29, 1.82) is 0 Å². The van der Waals surface area contributed by atoms with E-state index in [0.29, 0.717) is 11.3 Å². The van der Waals surface area contributed by atoms with E-state index >= 15 is 0 Å². The molecule has 1 N–H and O–H groups in total. The van der Waals surface area contributed by atoms with Gasteiger partial charge in [0.1, 0.15) is 18.2 Å². The summed E-state index contributed by atoms with van der Waals surface area (Å²) < 4.78 is 19.8. The number of rotatable bonds is 4. The Bertz CT molecular complexity index is 613. The molecule has 0 radical (unpaired) electrons. The Morgan fingerprint density at radius 3 is 2.68 bits per heavy atom. The third kappa shape index (κ3) is 3.66. The van der Waals surface area contributed by atoms with E-state index in [1.54, 1.807) is 6.07 Å². The van der Waals surface area contributed by atoms with Crippen LogP contribution in [-0.2, 0) is 6.61 Å². The van der Waals surface area contributed by atoms with Gasteiger partial charge in [-0.3, -0.25) is 0 Å². The van der Waals surface area contributed by atoms with Crippen molar-refractivity contribution < 1.29 is 19.0 Å². The maximum absolute atomic E-state index is 13.3. The number of hydrogen-bond acceptors (Lipinski definition) is 2. The lowest BCUT2D eigenvalue weighted by molar-refractivity contribution is 0.0696. The van der Waals surface area contributed by atoms with Gasteiger partial charge in [0.05, 0.1) is 9.13 Å². The molecule has 0 aliphatic rings. The fraction of sp³-hybridized carbons (Fsp3) is 0.0714. The number of carboxylic acids is 1. The highest BCUT2D eigenvalue weighted by molar-refractivity contribution is 14.1. The van der Waals surface area contributed by atoms with E-state index in [9.17, 15) is 9.18 Å². The zero-order valence-electron chi connectivity index (χ0n) is 9.77. The van der Waals surface area contributed by atoms with Crippen LogP contribution in [0.2, 0.25) is 0 Å². The highest BCUT2D eigenvalue weighted by atomic mass is 127. The third-order valence-corrected chi connectivity index (χ3v) is 3.33. The highest BCUT2D eigenvalue weighted by Crippen LogP contribution is 2.21. The smallest absolute Gasteiger partial charge is 0.335 e. The second kappa shape index (κ2) is 6.01. The Kier molecular flexibility index (Phi) is 4.36. The van der Waals surface area contributed by atoms with Gasteiger partial charge in [-0.25, -0.2) is 9.18 Å². The molecule has 2 rings (SSSR count). The lowest BCUT2D eigenvalue weighted by atomic mass is 10.1. The molecule has 0 heterocycles. The molecule has 0 bridgehead atoms. The van der Waals surface area contributed by atoms with Crippen LogP contribution in [0.25, 0.3) is 0 Å². The Morgan fingerprint density at radius 1 is 1.26 bits per heavy atom. The van der Waals surface area contributed by atoms with Crippen LogP contribution in [0.5, 0.6) is 5.75 Å². The van der Waals surface area contributed by atoms with Gasteiger partial charge in [-0.05, 0) is 58.5 Å². The van der Waals surface area contributed by atoms with E-state index in [4.69, 9.17) is 9.84 Å². The number of ether oxygens (including phenoxy) is 1. The second-order valence-electron chi connectivity index (χ2n) is 3.87. The van der Waals surface area contributed by atoms with E-state index in [1.807, 2.05) is 18.2 Å². The molecular weight excluding hydrogens is 362 g/mol. The van der Waals surface area contributed by atoms with Gasteiger partial charge in [-0.2, -0.15) is 0 Å². The summed E-state index contributed by atoms with van der Waals surface area (Å²) in [7, 11) is 0. The largest absolute Gasteiger partial charge is 0.488 e. The topological polar surface area (TPSA) is 46.5 Å². The fourth-order valence-electron chi connectivity index (χ4n) is 1.58. The van der Waals surface area contributed by atoms with E-state index in [-0.39, 0.29) is 12.2 Å². The summed E-state index contributed by atoms with van der Waals surface area (Å²) in [5.74, 6) is -1.06. The molecule has 5 heteroatoms. The number of halogens is 2. The summed E-state index contributed by atoms with van der Waals surface area (Å²) in [5, 5.41) is 8.85. The summed E-state index contributed by atoms with van der Waals surface area (Å²) in [6.07, 6.45) is 0. The molecule has 0 aliphatic heterocycles. The van der Waals surface area contributed by atoms with Gasteiger partial charge in [0.15, 0.2) is 0 Å². The molecule has 0 aliphatic carbocycles. The molecule has 0 fully saturated rings. The molecule has 0 atom stereocenters. The second-order valence-corrected chi connectivity index (χ2v) is 5.03. The first-order valence-electron chi connectivity index (χ1n) is 5.46. The van der Waals surface area contributed by atoms with Crippen LogP contribution in [-0.4, -0.2) is 11.1 Å². The van der Waals surface area contributed by atoms with Crippen LogP contribution in [0.4, 0.5) is 4.39 Å². The number of carbonyl (C=O) groups is 1. The predicted molar refractivity (Wildman–Crippen MR) is 76.9 cm³/mol. The molecule has 0 saturated carbocycles. The number of hydrogen-bond donors (Lipinski definition) is 1. The molecule has 2 aromatic rings. The van der Waals surface area contributed by atoms with E-state index < -0.39 is 11.8 Å². The van der Waals surface area contributed by atoms with Crippen molar-refractivity contribution in [1.82, 2.24) is 0 Å². The Balaban J connectivity index is 2.16. The fourth-order valence-corrected chi connectivity index (χ4v) is 2.12. The van der Waals surface area contributed by atoms with Crippen molar-refractivity contribution in [2.45, 2.75) is 6.61 Å². The standard InChI is InChI=1S/C14H10FIO3/c15-11-6-9(5-10(7-11)14(17)18)8-19-13-4-2-1-3-12(13)16/h1-7H,8H2,(H,17,18). The average molecular weight is 372 g/mol. The average Bonchev–Trinajstić information content (AvgIpc) is 2.37. The molecule has 19 heavy (non-hydrogen) atoms. The van der Waals surface area contributed by atoms with Crippen LogP contribution >= 0.6 is 22.6 Å². The molecular formula is C14H10FIO3. The van der Waals surface area contributed by atoms with Gasteiger partial charge >= 0.3 is 5.97 Å². The normalized spacial score (nSPS) is 10.2. The van der Waals surface area contributed by atoms with Crippen LogP contribution in [0, 0.1) is 9.39 Å². The first-order valence-corrected chi connectivity index (χ1v) is 6.54. The summed E-state index contributed by atoms with van der Waals surface area (Å²) in [6.45, 7) is 0.123. The Morgan fingerprint density at radius 2 is 2.00 bits per heavy atom. The zero-order valence-corrected chi connectivity index (χ0v) is 11.9. The van der Waals surface area contributed by atoms with Gasteiger partial charge in [0.2, 0.25) is 0 Å². The molecule has 0 amide bonds. The van der Waals surface area contributed by atoms with Crippen molar-refractivity contribution >= 4 is 28.6 Å². The maximum Gasteiger partial charge on any atom is 0.335 e. The molecule has 3 nitrogen and oxygen atoms in total. The van der Waals surface area contributed by atoms with Gasteiger partial charge in [-0.15, -0.1) is 0 Å². The van der Waals surface area contributed by atoms with Crippen molar-refractivity contribution in [2.24, 2.45) is 0 Å². The van der Waals surface area contributed by atoms with Gasteiger partial charge < -0.3 is 9.84 Å². The lowest BCUT2D eigenvalue weighted by Gasteiger charge is -2.08. The lowest BCUT2D eigenvalue weighted by Crippen LogP contribution is -2.02.